The molecule has 0 amide bonds. The first-order valence-electron chi connectivity index (χ1n) is 9.10. The Bertz CT molecular complexity index is 622. The molecule has 0 unspecified atom stereocenters. The van der Waals surface area contributed by atoms with Crippen molar-refractivity contribution < 1.29 is 9.13 Å². The molecular formula is C21H31Cl2FN2O. The fraction of sp³-hybridized carbons (Fsp3) is 0.429. The van der Waals surface area contributed by atoms with Crippen LogP contribution in [0.1, 0.15) is 31.4 Å². The highest BCUT2D eigenvalue weighted by molar-refractivity contribution is 5.85. The van der Waals surface area contributed by atoms with Crippen LogP contribution in [0.3, 0.4) is 0 Å². The van der Waals surface area contributed by atoms with E-state index in [1.54, 1.807) is 12.1 Å². The van der Waals surface area contributed by atoms with E-state index in [4.69, 9.17) is 4.74 Å². The summed E-state index contributed by atoms with van der Waals surface area (Å²) < 4.78 is 18.7. The second-order valence-electron chi connectivity index (χ2n) is 6.12. The van der Waals surface area contributed by atoms with Gasteiger partial charge in [-0.3, -0.25) is 0 Å². The molecule has 2 aromatic carbocycles. The van der Waals surface area contributed by atoms with Crippen LogP contribution >= 0.6 is 24.8 Å². The smallest absolute Gasteiger partial charge is 0.123 e. The van der Waals surface area contributed by atoms with Crippen molar-refractivity contribution in [3.05, 3.63) is 65.5 Å². The molecule has 2 rings (SSSR count). The minimum Gasteiger partial charge on any atom is -0.489 e. The van der Waals surface area contributed by atoms with E-state index in [1.807, 2.05) is 12.1 Å². The molecule has 27 heavy (non-hydrogen) atoms. The highest BCUT2D eigenvalue weighted by Gasteiger charge is 2.01. The largest absolute Gasteiger partial charge is 0.489 e. The van der Waals surface area contributed by atoms with Crippen molar-refractivity contribution in [2.45, 2.75) is 33.4 Å². The van der Waals surface area contributed by atoms with Gasteiger partial charge in [0.2, 0.25) is 0 Å². The summed E-state index contributed by atoms with van der Waals surface area (Å²) in [4.78, 5) is 2.44. The quantitative estimate of drug-likeness (QED) is 0.517. The van der Waals surface area contributed by atoms with Gasteiger partial charge in [-0.15, -0.1) is 24.8 Å². The van der Waals surface area contributed by atoms with Crippen LogP contribution < -0.4 is 10.1 Å². The molecule has 3 nitrogen and oxygen atoms in total. The fourth-order valence-electron chi connectivity index (χ4n) is 2.69. The number of halogens is 3. The van der Waals surface area contributed by atoms with Crippen molar-refractivity contribution in [3.8, 4) is 5.75 Å². The Morgan fingerprint density at radius 1 is 0.963 bits per heavy atom. The van der Waals surface area contributed by atoms with Crippen LogP contribution in [-0.4, -0.2) is 31.1 Å². The van der Waals surface area contributed by atoms with Crippen molar-refractivity contribution >= 4 is 24.8 Å². The van der Waals surface area contributed by atoms with Crippen LogP contribution in [0.25, 0.3) is 0 Å². The molecule has 0 atom stereocenters. The SMILES string of the molecule is CCN(CC)CCCNCc1cccc(OCc2ccc(F)cc2)c1.Cl.Cl. The van der Waals surface area contributed by atoms with Crippen LogP contribution in [-0.2, 0) is 13.2 Å². The number of hydrogen-bond acceptors (Lipinski definition) is 3. The average Bonchev–Trinajstić information content (AvgIpc) is 2.65. The molecule has 0 saturated heterocycles. The first-order valence-corrected chi connectivity index (χ1v) is 9.10. The molecule has 152 valence electrons. The summed E-state index contributed by atoms with van der Waals surface area (Å²) in [7, 11) is 0. The van der Waals surface area contributed by atoms with Crippen molar-refractivity contribution in [3.63, 3.8) is 0 Å². The second kappa shape index (κ2) is 14.7. The molecule has 0 heterocycles. The maximum absolute atomic E-state index is 12.9. The molecule has 6 heteroatoms. The predicted octanol–water partition coefficient (Wildman–Crippen LogP) is 5.07. The fourth-order valence-corrected chi connectivity index (χ4v) is 2.69. The third kappa shape index (κ3) is 9.96. The number of rotatable bonds is 11. The van der Waals surface area contributed by atoms with Crippen molar-refractivity contribution in [1.29, 1.82) is 0 Å². The molecular weight excluding hydrogens is 386 g/mol. The highest BCUT2D eigenvalue weighted by Crippen LogP contribution is 2.15. The van der Waals surface area contributed by atoms with E-state index in [2.05, 4.69) is 36.2 Å². The lowest BCUT2D eigenvalue weighted by Crippen LogP contribution is -2.27. The summed E-state index contributed by atoms with van der Waals surface area (Å²) in [6.45, 7) is 10.1. The molecule has 0 aliphatic carbocycles. The van der Waals surface area contributed by atoms with Gasteiger partial charge in [0.25, 0.3) is 0 Å². The summed E-state index contributed by atoms with van der Waals surface area (Å²) >= 11 is 0. The maximum atomic E-state index is 12.9. The van der Waals surface area contributed by atoms with Gasteiger partial charge >= 0.3 is 0 Å². The van der Waals surface area contributed by atoms with Gasteiger partial charge in [0.1, 0.15) is 18.2 Å². The molecule has 1 N–H and O–H groups in total. The van der Waals surface area contributed by atoms with Gasteiger partial charge in [-0.25, -0.2) is 4.39 Å². The highest BCUT2D eigenvalue weighted by atomic mass is 35.5. The van der Waals surface area contributed by atoms with Gasteiger partial charge in [0.05, 0.1) is 0 Å². The van der Waals surface area contributed by atoms with E-state index in [9.17, 15) is 4.39 Å². The van der Waals surface area contributed by atoms with E-state index >= 15 is 0 Å². The Morgan fingerprint density at radius 2 is 1.67 bits per heavy atom. The number of nitrogens with one attached hydrogen (secondary N) is 1. The molecule has 0 fully saturated rings. The molecule has 0 radical (unpaired) electrons. The van der Waals surface area contributed by atoms with Crippen LogP contribution in [0.4, 0.5) is 4.39 Å². The molecule has 0 spiro atoms. The standard InChI is InChI=1S/C21H29FN2O.2ClH/c1-3-24(4-2)14-6-13-23-16-19-7-5-8-21(15-19)25-17-18-9-11-20(22)12-10-18;;/h5,7-12,15,23H,3-4,6,13-14,16-17H2,1-2H3;2*1H. The number of benzene rings is 2. The zero-order valence-electron chi connectivity index (χ0n) is 16.1. The Balaban J connectivity index is 0.00000338. The van der Waals surface area contributed by atoms with Crippen LogP contribution in [0.5, 0.6) is 5.75 Å². The Kier molecular flexibility index (Phi) is 14.0. The summed E-state index contributed by atoms with van der Waals surface area (Å²) in [5.41, 5.74) is 2.17. The number of hydrogen-bond donors (Lipinski definition) is 1. The van der Waals surface area contributed by atoms with Crippen LogP contribution in [0, 0.1) is 5.82 Å². The maximum Gasteiger partial charge on any atom is 0.123 e. The third-order valence-corrected chi connectivity index (χ3v) is 4.27. The molecule has 2 aromatic rings. The van der Waals surface area contributed by atoms with Gasteiger partial charge < -0.3 is 15.0 Å². The topological polar surface area (TPSA) is 24.5 Å². The van der Waals surface area contributed by atoms with Gasteiger partial charge in [-0.2, -0.15) is 0 Å². The van der Waals surface area contributed by atoms with Gasteiger partial charge in [-0.05, 0) is 68.0 Å². The lowest BCUT2D eigenvalue weighted by atomic mass is 10.2. The van der Waals surface area contributed by atoms with Crippen molar-refractivity contribution in [1.82, 2.24) is 10.2 Å². The Labute approximate surface area is 175 Å². The summed E-state index contributed by atoms with van der Waals surface area (Å²) in [6.07, 6.45) is 1.16. The van der Waals surface area contributed by atoms with Gasteiger partial charge in [-0.1, -0.05) is 38.1 Å². The lowest BCUT2D eigenvalue weighted by molar-refractivity contribution is 0.297. The van der Waals surface area contributed by atoms with E-state index in [1.165, 1.54) is 17.7 Å². The van der Waals surface area contributed by atoms with E-state index in [0.717, 1.165) is 50.5 Å². The second-order valence-corrected chi connectivity index (χ2v) is 6.12. The van der Waals surface area contributed by atoms with Gasteiger partial charge in [0, 0.05) is 6.54 Å². The molecule has 0 bridgehead atoms. The van der Waals surface area contributed by atoms with Crippen molar-refractivity contribution in [2.75, 3.05) is 26.2 Å². The minimum atomic E-state index is -0.224. The lowest BCUT2D eigenvalue weighted by Gasteiger charge is -2.17. The first kappa shape index (κ1) is 25.7. The first-order chi connectivity index (χ1) is 12.2. The van der Waals surface area contributed by atoms with E-state index in [-0.39, 0.29) is 30.6 Å². The minimum absolute atomic E-state index is 0. The predicted molar refractivity (Wildman–Crippen MR) is 116 cm³/mol. The van der Waals surface area contributed by atoms with Crippen LogP contribution in [0.2, 0.25) is 0 Å². The third-order valence-electron chi connectivity index (χ3n) is 4.27. The van der Waals surface area contributed by atoms with Gasteiger partial charge in [0.15, 0.2) is 0 Å². The van der Waals surface area contributed by atoms with Crippen LogP contribution in [0.15, 0.2) is 48.5 Å². The average molecular weight is 417 g/mol. The Morgan fingerprint density at radius 3 is 2.33 bits per heavy atom. The molecule has 0 saturated carbocycles. The van der Waals surface area contributed by atoms with E-state index in [0.29, 0.717) is 6.61 Å². The molecule has 0 aromatic heterocycles. The summed E-state index contributed by atoms with van der Waals surface area (Å²) in [5, 5.41) is 3.49. The monoisotopic (exact) mass is 416 g/mol. The molecule has 0 aliphatic heterocycles. The normalized spacial score (nSPS) is 10.2. The van der Waals surface area contributed by atoms with Crippen molar-refractivity contribution in [2.24, 2.45) is 0 Å². The summed E-state index contributed by atoms with van der Waals surface area (Å²) in [6, 6.07) is 14.5. The molecule has 0 aliphatic rings. The zero-order chi connectivity index (χ0) is 17.9. The zero-order valence-corrected chi connectivity index (χ0v) is 17.8. The Hall–Kier alpha value is -1.33. The van der Waals surface area contributed by atoms with E-state index < -0.39 is 0 Å². The number of nitrogens with zero attached hydrogens (tertiary/aromatic N) is 1. The number of ether oxygens (including phenoxy) is 1. The summed E-state index contributed by atoms with van der Waals surface area (Å²) in [5.74, 6) is 0.615.